The highest BCUT2D eigenvalue weighted by molar-refractivity contribution is 4.91. The summed E-state index contributed by atoms with van der Waals surface area (Å²) in [5.41, 5.74) is 2.33. The summed E-state index contributed by atoms with van der Waals surface area (Å²) in [4.78, 5) is 10.0. The molecule has 4 atom stereocenters. The van der Waals surface area contributed by atoms with Crippen LogP contribution in [0.2, 0.25) is 0 Å². The van der Waals surface area contributed by atoms with Crippen molar-refractivity contribution in [3.8, 4) is 0 Å². The van der Waals surface area contributed by atoms with E-state index in [4.69, 9.17) is 19.5 Å². The Kier molecular flexibility index (Phi) is 1.82. The van der Waals surface area contributed by atoms with E-state index in [-0.39, 0.29) is 31.0 Å². The van der Waals surface area contributed by atoms with Crippen LogP contribution in [0.3, 0.4) is 0 Å². The fraction of sp³-hybridized carbons (Fsp3) is 1.00. The summed E-state index contributed by atoms with van der Waals surface area (Å²) < 4.78 is 5.34. The van der Waals surface area contributed by atoms with Gasteiger partial charge in [0.15, 0.2) is 0 Å². The van der Waals surface area contributed by atoms with Crippen LogP contribution in [0, 0.1) is 0 Å². The van der Waals surface area contributed by atoms with E-state index >= 15 is 0 Å². The third kappa shape index (κ3) is 1.05. The van der Waals surface area contributed by atoms with Crippen LogP contribution in [0.1, 0.15) is 6.92 Å². The number of aliphatic hydroxyl groups is 1. The number of aliphatic hydroxyl groups excluding tert-OH is 1. The van der Waals surface area contributed by atoms with Gasteiger partial charge in [-0.3, -0.25) is 9.68 Å². The van der Waals surface area contributed by atoms with Crippen LogP contribution in [0.4, 0.5) is 0 Å². The zero-order chi connectivity index (χ0) is 7.84. The summed E-state index contributed by atoms with van der Waals surface area (Å²) in [7, 11) is 0. The molecule has 2 heterocycles. The molecule has 2 aliphatic rings. The highest BCUT2D eigenvalue weighted by Crippen LogP contribution is 2.28. The van der Waals surface area contributed by atoms with Crippen molar-refractivity contribution in [3.05, 3.63) is 0 Å². The molecule has 5 nitrogen and oxygen atoms in total. The SMILES string of the molecule is C[C@@H]1O[C@H](CO)C2ONOC21. The molecular weight excluding hydrogens is 150 g/mol. The smallest absolute Gasteiger partial charge is 0.141 e. The van der Waals surface area contributed by atoms with Crippen molar-refractivity contribution in [3.63, 3.8) is 0 Å². The van der Waals surface area contributed by atoms with Crippen molar-refractivity contribution in [1.29, 1.82) is 0 Å². The van der Waals surface area contributed by atoms with Crippen LogP contribution >= 0.6 is 0 Å². The van der Waals surface area contributed by atoms with Gasteiger partial charge >= 0.3 is 0 Å². The van der Waals surface area contributed by atoms with Crippen LogP contribution in [-0.4, -0.2) is 36.1 Å². The molecule has 0 spiro atoms. The van der Waals surface area contributed by atoms with E-state index in [2.05, 4.69) is 5.64 Å². The fourth-order valence-electron chi connectivity index (χ4n) is 1.50. The Morgan fingerprint density at radius 1 is 1.36 bits per heavy atom. The van der Waals surface area contributed by atoms with Crippen LogP contribution in [-0.2, 0) is 14.4 Å². The number of nitrogens with one attached hydrogen (secondary N) is 1. The van der Waals surface area contributed by atoms with E-state index in [0.29, 0.717) is 0 Å². The highest BCUT2D eigenvalue weighted by atomic mass is 17.0. The minimum Gasteiger partial charge on any atom is -0.394 e. The predicted octanol–water partition coefficient (Wildman–Crippen LogP) is -1.03. The third-order valence-electron chi connectivity index (χ3n) is 2.09. The lowest BCUT2D eigenvalue weighted by Crippen LogP contribution is -2.30. The van der Waals surface area contributed by atoms with Crippen molar-refractivity contribution in [2.24, 2.45) is 0 Å². The summed E-state index contributed by atoms with van der Waals surface area (Å²) in [5, 5.41) is 8.84. The van der Waals surface area contributed by atoms with Crippen LogP contribution in [0.5, 0.6) is 0 Å². The lowest BCUT2D eigenvalue weighted by Gasteiger charge is -2.10. The average Bonchev–Trinajstić information content (AvgIpc) is 2.54. The van der Waals surface area contributed by atoms with Crippen molar-refractivity contribution in [1.82, 2.24) is 5.64 Å². The first-order valence-corrected chi connectivity index (χ1v) is 3.65. The molecule has 0 amide bonds. The van der Waals surface area contributed by atoms with Crippen LogP contribution in [0.25, 0.3) is 0 Å². The van der Waals surface area contributed by atoms with Gasteiger partial charge < -0.3 is 9.84 Å². The molecule has 0 aromatic rings. The lowest BCUT2D eigenvalue weighted by molar-refractivity contribution is -0.152. The van der Waals surface area contributed by atoms with Gasteiger partial charge in [-0.25, -0.2) is 0 Å². The Bertz CT molecular complexity index is 154. The zero-order valence-electron chi connectivity index (χ0n) is 6.19. The Hall–Kier alpha value is -0.200. The molecule has 0 aliphatic carbocycles. The number of hydrogen-bond acceptors (Lipinski definition) is 5. The van der Waals surface area contributed by atoms with Gasteiger partial charge in [0.25, 0.3) is 0 Å². The van der Waals surface area contributed by atoms with Gasteiger partial charge in [-0.15, -0.1) is 0 Å². The maximum atomic E-state index is 8.84. The number of hydrogen-bond donors (Lipinski definition) is 2. The first-order valence-electron chi connectivity index (χ1n) is 3.65. The number of rotatable bonds is 1. The summed E-state index contributed by atoms with van der Waals surface area (Å²) >= 11 is 0. The van der Waals surface area contributed by atoms with Crippen molar-refractivity contribution >= 4 is 0 Å². The second-order valence-corrected chi connectivity index (χ2v) is 2.81. The predicted molar refractivity (Wildman–Crippen MR) is 34.3 cm³/mol. The van der Waals surface area contributed by atoms with E-state index in [1.54, 1.807) is 0 Å². The van der Waals surface area contributed by atoms with Gasteiger partial charge in [0.1, 0.15) is 18.3 Å². The van der Waals surface area contributed by atoms with Gasteiger partial charge in [-0.1, -0.05) is 5.64 Å². The maximum Gasteiger partial charge on any atom is 0.141 e. The normalized spacial score (nSPS) is 49.6. The molecule has 2 rings (SSSR count). The van der Waals surface area contributed by atoms with Gasteiger partial charge in [-0.05, 0) is 6.92 Å². The van der Waals surface area contributed by atoms with E-state index in [9.17, 15) is 0 Å². The second-order valence-electron chi connectivity index (χ2n) is 2.81. The molecule has 0 saturated carbocycles. The van der Waals surface area contributed by atoms with Crippen LogP contribution in [0.15, 0.2) is 0 Å². The Morgan fingerprint density at radius 3 is 2.82 bits per heavy atom. The molecule has 2 saturated heterocycles. The maximum absolute atomic E-state index is 8.84. The van der Waals surface area contributed by atoms with Gasteiger partial charge in [-0.2, -0.15) is 0 Å². The summed E-state index contributed by atoms with van der Waals surface area (Å²) in [5.74, 6) is 0. The monoisotopic (exact) mass is 161 g/mol. The van der Waals surface area contributed by atoms with Crippen molar-refractivity contribution in [2.75, 3.05) is 6.61 Å². The van der Waals surface area contributed by atoms with E-state index in [0.717, 1.165) is 0 Å². The molecular formula is C6H11NO4. The zero-order valence-corrected chi connectivity index (χ0v) is 6.19. The average molecular weight is 161 g/mol. The van der Waals surface area contributed by atoms with Crippen molar-refractivity contribution in [2.45, 2.75) is 31.3 Å². The molecule has 2 N–H and O–H groups in total. The molecule has 2 unspecified atom stereocenters. The van der Waals surface area contributed by atoms with E-state index < -0.39 is 0 Å². The second kappa shape index (κ2) is 2.69. The largest absolute Gasteiger partial charge is 0.394 e. The van der Waals surface area contributed by atoms with Gasteiger partial charge in [0, 0.05) is 0 Å². The molecule has 2 aliphatic heterocycles. The lowest BCUT2D eigenvalue weighted by atomic mass is 10.1. The molecule has 5 heteroatoms. The molecule has 0 bridgehead atoms. The Morgan fingerprint density at radius 2 is 2.09 bits per heavy atom. The summed E-state index contributed by atoms with van der Waals surface area (Å²) in [6.07, 6.45) is -0.542. The Labute approximate surface area is 64.1 Å². The van der Waals surface area contributed by atoms with E-state index in [1.807, 2.05) is 6.92 Å². The standard InChI is InChI=1S/C6H11NO4/c1-3-5-6(11-7-10-5)4(2-8)9-3/h3-8H,2H2,1H3/t3-,4+,5?,6?/m0/s1. The summed E-state index contributed by atoms with van der Waals surface area (Å²) in [6.45, 7) is 1.86. The number of fused-ring (bicyclic) bond motifs is 1. The minimum absolute atomic E-state index is 0.0212. The molecule has 0 aromatic carbocycles. The first kappa shape index (κ1) is 7.45. The molecule has 11 heavy (non-hydrogen) atoms. The van der Waals surface area contributed by atoms with Gasteiger partial charge in [0.2, 0.25) is 0 Å². The van der Waals surface area contributed by atoms with Crippen LogP contribution < -0.4 is 5.64 Å². The van der Waals surface area contributed by atoms with E-state index in [1.165, 1.54) is 0 Å². The van der Waals surface area contributed by atoms with Crippen molar-refractivity contribution < 1.29 is 19.5 Å². The first-order chi connectivity index (χ1) is 5.33. The summed E-state index contributed by atoms with van der Waals surface area (Å²) in [6, 6.07) is 0. The third-order valence-corrected chi connectivity index (χ3v) is 2.09. The highest BCUT2D eigenvalue weighted by Gasteiger charge is 2.48. The quantitative estimate of drug-likeness (QED) is 0.515. The molecule has 0 radical (unpaired) electrons. The Balaban J connectivity index is 2.07. The number of ether oxygens (including phenoxy) is 1. The molecule has 0 aromatic heterocycles. The minimum atomic E-state index is -0.259. The molecule has 2 fully saturated rings. The van der Waals surface area contributed by atoms with Gasteiger partial charge in [0.05, 0.1) is 12.7 Å². The topological polar surface area (TPSA) is 60.0 Å². The molecule has 64 valence electrons. The fourth-order valence-corrected chi connectivity index (χ4v) is 1.50.